The zero-order chi connectivity index (χ0) is 16.8. The maximum atomic E-state index is 6.63. The molecule has 2 aromatic rings. The van der Waals surface area contributed by atoms with Crippen molar-refractivity contribution in [1.29, 1.82) is 0 Å². The Kier molecular flexibility index (Phi) is 6.27. The molecule has 24 heavy (non-hydrogen) atoms. The SMILES string of the molecule is NCCCN(Cl)C(CN1CCc2ccccc2C1)c1ccccc1. The van der Waals surface area contributed by atoms with Gasteiger partial charge in [-0.2, -0.15) is 0 Å². The molecule has 3 nitrogen and oxygen atoms in total. The average molecular weight is 344 g/mol. The van der Waals surface area contributed by atoms with E-state index in [1.54, 1.807) is 0 Å². The van der Waals surface area contributed by atoms with E-state index >= 15 is 0 Å². The first-order valence-electron chi connectivity index (χ1n) is 8.74. The van der Waals surface area contributed by atoms with Crippen molar-refractivity contribution >= 4 is 11.8 Å². The molecule has 2 N–H and O–H groups in total. The van der Waals surface area contributed by atoms with Crippen LogP contribution in [0.5, 0.6) is 0 Å². The number of benzene rings is 2. The van der Waals surface area contributed by atoms with Gasteiger partial charge in [0.15, 0.2) is 0 Å². The first-order valence-corrected chi connectivity index (χ1v) is 9.08. The maximum Gasteiger partial charge on any atom is 0.0628 e. The second kappa shape index (κ2) is 8.63. The predicted octanol–water partition coefficient (Wildman–Crippen LogP) is 3.59. The highest BCUT2D eigenvalue weighted by molar-refractivity contribution is 6.13. The van der Waals surface area contributed by atoms with Gasteiger partial charge in [0.25, 0.3) is 0 Å². The zero-order valence-electron chi connectivity index (χ0n) is 14.1. The third kappa shape index (κ3) is 4.37. The van der Waals surface area contributed by atoms with Crippen molar-refractivity contribution in [3.8, 4) is 0 Å². The van der Waals surface area contributed by atoms with Crippen molar-refractivity contribution in [3.05, 3.63) is 71.3 Å². The average Bonchev–Trinajstić information content (AvgIpc) is 2.64. The Balaban J connectivity index is 1.72. The molecule has 128 valence electrons. The van der Waals surface area contributed by atoms with E-state index < -0.39 is 0 Å². The van der Waals surface area contributed by atoms with Crippen LogP contribution in [0.15, 0.2) is 54.6 Å². The van der Waals surface area contributed by atoms with Gasteiger partial charge in [0.1, 0.15) is 0 Å². The van der Waals surface area contributed by atoms with Crippen LogP contribution in [0.1, 0.15) is 29.2 Å². The van der Waals surface area contributed by atoms with Gasteiger partial charge in [-0.15, -0.1) is 0 Å². The monoisotopic (exact) mass is 343 g/mol. The van der Waals surface area contributed by atoms with Gasteiger partial charge in [0.2, 0.25) is 0 Å². The summed E-state index contributed by atoms with van der Waals surface area (Å²) < 4.78 is 1.93. The molecule has 0 spiro atoms. The second-order valence-corrected chi connectivity index (χ2v) is 6.88. The summed E-state index contributed by atoms with van der Waals surface area (Å²) in [5.41, 5.74) is 9.85. The van der Waals surface area contributed by atoms with Crippen LogP contribution in [0.2, 0.25) is 0 Å². The molecular formula is C20H26ClN3. The highest BCUT2D eigenvalue weighted by atomic mass is 35.5. The number of halogens is 1. The Hall–Kier alpha value is -1.39. The molecule has 2 aromatic carbocycles. The van der Waals surface area contributed by atoms with Gasteiger partial charge in [-0.05, 0) is 47.9 Å². The molecule has 0 aromatic heterocycles. The molecule has 1 aliphatic heterocycles. The maximum absolute atomic E-state index is 6.63. The van der Waals surface area contributed by atoms with E-state index in [-0.39, 0.29) is 6.04 Å². The van der Waals surface area contributed by atoms with Gasteiger partial charge >= 0.3 is 0 Å². The highest BCUT2D eigenvalue weighted by Gasteiger charge is 2.24. The fourth-order valence-corrected chi connectivity index (χ4v) is 3.68. The molecule has 0 saturated heterocycles. The molecule has 0 saturated carbocycles. The number of rotatable bonds is 7. The van der Waals surface area contributed by atoms with E-state index in [0.29, 0.717) is 6.54 Å². The minimum atomic E-state index is 0.185. The topological polar surface area (TPSA) is 32.5 Å². The molecule has 0 amide bonds. The lowest BCUT2D eigenvalue weighted by Crippen LogP contribution is -2.38. The number of nitrogens with two attached hydrogens (primary N) is 1. The van der Waals surface area contributed by atoms with E-state index in [2.05, 4.69) is 59.5 Å². The van der Waals surface area contributed by atoms with Crippen LogP contribution in [0.3, 0.4) is 0 Å². The van der Waals surface area contributed by atoms with Crippen molar-refractivity contribution in [2.45, 2.75) is 25.4 Å². The number of nitrogens with zero attached hydrogens (tertiary/aromatic N) is 2. The Morgan fingerprint density at radius 2 is 1.75 bits per heavy atom. The minimum Gasteiger partial charge on any atom is -0.330 e. The normalized spacial score (nSPS) is 16.1. The Labute approximate surface area is 150 Å². The number of fused-ring (bicyclic) bond motifs is 1. The summed E-state index contributed by atoms with van der Waals surface area (Å²) in [6.45, 7) is 4.50. The quantitative estimate of drug-likeness (QED) is 0.780. The van der Waals surface area contributed by atoms with Crippen molar-refractivity contribution in [3.63, 3.8) is 0 Å². The van der Waals surface area contributed by atoms with Crippen molar-refractivity contribution in [2.75, 3.05) is 26.2 Å². The molecule has 3 rings (SSSR count). The summed E-state index contributed by atoms with van der Waals surface area (Å²) in [4.78, 5) is 2.51. The smallest absolute Gasteiger partial charge is 0.0628 e. The van der Waals surface area contributed by atoms with E-state index in [9.17, 15) is 0 Å². The molecule has 0 fully saturated rings. The lowest BCUT2D eigenvalue weighted by molar-refractivity contribution is 0.188. The number of hydrogen-bond acceptors (Lipinski definition) is 3. The molecule has 1 atom stereocenters. The van der Waals surface area contributed by atoms with Crippen LogP contribution in [-0.2, 0) is 13.0 Å². The summed E-state index contributed by atoms with van der Waals surface area (Å²) in [7, 11) is 0. The standard InChI is InChI=1S/C20H26ClN3/c21-24(13-6-12-22)20(18-8-2-1-3-9-18)16-23-14-11-17-7-4-5-10-19(17)15-23/h1-5,7-10,20H,6,11-16,22H2. The third-order valence-electron chi connectivity index (χ3n) is 4.74. The first kappa shape index (κ1) is 17.4. The summed E-state index contributed by atoms with van der Waals surface area (Å²) in [5, 5.41) is 0. The Morgan fingerprint density at radius 1 is 1.04 bits per heavy atom. The van der Waals surface area contributed by atoms with Crippen molar-refractivity contribution in [1.82, 2.24) is 9.32 Å². The molecule has 0 aliphatic carbocycles. The van der Waals surface area contributed by atoms with Gasteiger partial charge in [-0.1, -0.05) is 54.6 Å². The van der Waals surface area contributed by atoms with E-state index in [0.717, 1.165) is 39.0 Å². The number of hydrogen-bond donors (Lipinski definition) is 1. The van der Waals surface area contributed by atoms with Crippen molar-refractivity contribution < 1.29 is 0 Å². The molecule has 1 unspecified atom stereocenters. The first-order chi connectivity index (χ1) is 11.8. The van der Waals surface area contributed by atoms with Crippen LogP contribution in [0.4, 0.5) is 0 Å². The minimum absolute atomic E-state index is 0.185. The fraction of sp³-hybridized carbons (Fsp3) is 0.400. The van der Waals surface area contributed by atoms with Crippen LogP contribution >= 0.6 is 11.8 Å². The van der Waals surface area contributed by atoms with Gasteiger partial charge in [0.05, 0.1) is 6.04 Å². The fourth-order valence-electron chi connectivity index (χ4n) is 3.38. The Bertz CT molecular complexity index is 632. The zero-order valence-corrected chi connectivity index (χ0v) is 14.8. The van der Waals surface area contributed by atoms with Crippen LogP contribution < -0.4 is 5.73 Å². The highest BCUT2D eigenvalue weighted by Crippen LogP contribution is 2.27. The summed E-state index contributed by atoms with van der Waals surface area (Å²) in [6, 6.07) is 19.5. The van der Waals surface area contributed by atoms with Gasteiger partial charge in [0, 0.05) is 26.2 Å². The van der Waals surface area contributed by atoms with Gasteiger partial charge in [-0.25, -0.2) is 4.42 Å². The second-order valence-electron chi connectivity index (χ2n) is 6.45. The van der Waals surface area contributed by atoms with Crippen molar-refractivity contribution in [2.24, 2.45) is 5.73 Å². The van der Waals surface area contributed by atoms with Crippen LogP contribution in [0.25, 0.3) is 0 Å². The largest absolute Gasteiger partial charge is 0.330 e. The molecular weight excluding hydrogens is 318 g/mol. The summed E-state index contributed by atoms with van der Waals surface area (Å²) in [6.07, 6.45) is 2.03. The summed E-state index contributed by atoms with van der Waals surface area (Å²) in [5.74, 6) is 0. The van der Waals surface area contributed by atoms with E-state index in [4.69, 9.17) is 17.5 Å². The summed E-state index contributed by atoms with van der Waals surface area (Å²) >= 11 is 6.63. The lowest BCUT2D eigenvalue weighted by Gasteiger charge is -2.34. The lowest BCUT2D eigenvalue weighted by atomic mass is 9.98. The van der Waals surface area contributed by atoms with Gasteiger partial charge < -0.3 is 5.73 Å². The molecule has 1 aliphatic rings. The van der Waals surface area contributed by atoms with E-state index in [1.165, 1.54) is 16.7 Å². The molecule has 0 radical (unpaired) electrons. The molecule has 0 bridgehead atoms. The Morgan fingerprint density at radius 3 is 2.50 bits per heavy atom. The van der Waals surface area contributed by atoms with Gasteiger partial charge in [-0.3, -0.25) is 4.90 Å². The predicted molar refractivity (Wildman–Crippen MR) is 101 cm³/mol. The van der Waals surface area contributed by atoms with Crippen LogP contribution in [0, 0.1) is 0 Å². The molecule has 4 heteroatoms. The van der Waals surface area contributed by atoms with Crippen LogP contribution in [-0.4, -0.2) is 35.5 Å². The van der Waals surface area contributed by atoms with E-state index in [1.807, 2.05) is 4.42 Å². The third-order valence-corrected chi connectivity index (χ3v) is 5.14. The molecule has 1 heterocycles.